The highest BCUT2D eigenvalue weighted by Crippen LogP contribution is 2.33. The third-order valence-electron chi connectivity index (χ3n) is 5.06. The molecule has 3 rings (SSSR count). The number of nitrogens with one attached hydrogen (secondary N) is 1. The van der Waals surface area contributed by atoms with Crippen molar-refractivity contribution in [1.29, 1.82) is 0 Å². The van der Waals surface area contributed by atoms with Crippen LogP contribution in [-0.4, -0.2) is 43.3 Å². The van der Waals surface area contributed by atoms with Gasteiger partial charge in [0.05, 0.1) is 18.7 Å². The Morgan fingerprint density at radius 2 is 1.88 bits per heavy atom. The van der Waals surface area contributed by atoms with E-state index in [0.29, 0.717) is 22.7 Å². The molecule has 0 saturated carbocycles. The lowest BCUT2D eigenvalue weighted by molar-refractivity contribution is -0.143. The number of benzene rings is 2. The average Bonchev–Trinajstić information content (AvgIpc) is 2.79. The summed E-state index contributed by atoms with van der Waals surface area (Å²) in [5.74, 6) is -1.03. The van der Waals surface area contributed by atoms with Crippen molar-refractivity contribution in [2.75, 3.05) is 30.0 Å². The maximum atomic E-state index is 12.7. The van der Waals surface area contributed by atoms with E-state index in [1.54, 1.807) is 19.1 Å². The minimum absolute atomic E-state index is 0.0132. The molecule has 0 fully saturated rings. The van der Waals surface area contributed by atoms with Gasteiger partial charge < -0.3 is 14.8 Å². The molecule has 32 heavy (non-hydrogen) atoms. The molecule has 0 aromatic heterocycles. The second-order valence-corrected chi connectivity index (χ2v) is 7.24. The predicted molar refractivity (Wildman–Crippen MR) is 119 cm³/mol. The molecule has 8 nitrogen and oxygen atoms in total. The lowest BCUT2D eigenvalue weighted by atomic mass is 10.0. The van der Waals surface area contributed by atoms with Crippen molar-refractivity contribution in [3.05, 3.63) is 53.6 Å². The number of para-hydroxylation sites is 1. The topological polar surface area (TPSA) is 102 Å². The molecule has 2 amide bonds. The van der Waals surface area contributed by atoms with Crippen LogP contribution in [0.5, 0.6) is 5.75 Å². The summed E-state index contributed by atoms with van der Waals surface area (Å²) in [5, 5.41) is 2.85. The molecule has 0 radical (unpaired) electrons. The Kier molecular flexibility index (Phi) is 7.59. The summed E-state index contributed by atoms with van der Waals surface area (Å²) in [4.78, 5) is 50.6. The molecule has 2 aromatic rings. The van der Waals surface area contributed by atoms with E-state index in [9.17, 15) is 19.2 Å². The first-order valence-corrected chi connectivity index (χ1v) is 10.6. The summed E-state index contributed by atoms with van der Waals surface area (Å²) in [6.45, 7) is 3.54. The van der Waals surface area contributed by atoms with E-state index in [2.05, 4.69) is 5.32 Å². The number of anilines is 2. The van der Waals surface area contributed by atoms with Crippen molar-refractivity contribution in [1.82, 2.24) is 0 Å². The molecule has 0 saturated heterocycles. The second kappa shape index (κ2) is 10.6. The van der Waals surface area contributed by atoms with Crippen molar-refractivity contribution in [2.24, 2.45) is 0 Å². The normalized spacial score (nSPS) is 12.6. The van der Waals surface area contributed by atoms with E-state index >= 15 is 0 Å². The number of esters is 1. The predicted octanol–water partition coefficient (Wildman–Crippen LogP) is 3.14. The van der Waals surface area contributed by atoms with Gasteiger partial charge in [-0.05, 0) is 43.2 Å². The lowest BCUT2D eigenvalue weighted by Gasteiger charge is -2.29. The number of ketones is 1. The number of rotatable bonds is 9. The maximum absolute atomic E-state index is 12.7. The Hall–Kier alpha value is -3.68. The highest BCUT2D eigenvalue weighted by molar-refractivity contribution is 6.06. The van der Waals surface area contributed by atoms with Crippen LogP contribution in [0.25, 0.3) is 0 Å². The highest BCUT2D eigenvalue weighted by Gasteiger charge is 2.28. The monoisotopic (exact) mass is 438 g/mol. The van der Waals surface area contributed by atoms with Crippen molar-refractivity contribution < 1.29 is 28.7 Å². The third-order valence-corrected chi connectivity index (χ3v) is 5.06. The number of aryl methyl sites for hydroxylation is 1. The zero-order valence-electron chi connectivity index (χ0n) is 18.2. The number of Topliss-reactive ketones (excluding diaryl/α,β-unsaturated/α-hetero) is 1. The van der Waals surface area contributed by atoms with Gasteiger partial charge in [-0.25, -0.2) is 0 Å². The first-order chi connectivity index (χ1) is 15.4. The fourth-order valence-corrected chi connectivity index (χ4v) is 3.43. The van der Waals surface area contributed by atoms with Gasteiger partial charge in [0.25, 0.3) is 5.91 Å². The van der Waals surface area contributed by atoms with Gasteiger partial charge >= 0.3 is 5.97 Å². The zero-order chi connectivity index (χ0) is 23.1. The first-order valence-electron chi connectivity index (χ1n) is 10.6. The maximum Gasteiger partial charge on any atom is 0.306 e. The summed E-state index contributed by atoms with van der Waals surface area (Å²) in [6.07, 6.45) is 0.718. The first kappa shape index (κ1) is 23.0. The minimum atomic E-state index is -0.442. The molecule has 1 aliphatic rings. The molecule has 8 heteroatoms. The van der Waals surface area contributed by atoms with Crippen molar-refractivity contribution >= 4 is 34.9 Å². The zero-order valence-corrected chi connectivity index (χ0v) is 18.2. The number of fused-ring (bicyclic) bond motifs is 1. The SMILES string of the molecule is CCOC(=O)CCC(=O)c1ccc2c(c1)N(CC(=O)Nc1ccccc1CC)C(=O)CO2. The molecule has 0 spiro atoms. The summed E-state index contributed by atoms with van der Waals surface area (Å²) in [5.41, 5.74) is 2.36. The molecule has 0 atom stereocenters. The number of amides is 2. The van der Waals surface area contributed by atoms with Gasteiger partial charge in [-0.1, -0.05) is 25.1 Å². The standard InChI is InChI=1S/C24H26N2O6/c1-3-16-7-5-6-8-18(16)25-22(28)14-26-19-13-17(9-11-21(19)32-15-23(26)29)20(27)10-12-24(30)31-4-2/h5-9,11,13H,3-4,10,12,14-15H2,1-2H3,(H,25,28). The Morgan fingerprint density at radius 1 is 1.09 bits per heavy atom. The van der Waals surface area contributed by atoms with Gasteiger partial charge in [-0.2, -0.15) is 0 Å². The van der Waals surface area contributed by atoms with Crippen LogP contribution in [0.1, 0.15) is 42.6 Å². The smallest absolute Gasteiger partial charge is 0.306 e. The molecule has 0 aliphatic carbocycles. The number of hydrogen-bond donors (Lipinski definition) is 1. The largest absolute Gasteiger partial charge is 0.482 e. The Labute approximate surface area is 186 Å². The second-order valence-electron chi connectivity index (χ2n) is 7.24. The number of nitrogens with zero attached hydrogens (tertiary/aromatic N) is 1. The molecule has 2 aromatic carbocycles. The van der Waals surface area contributed by atoms with E-state index in [1.807, 2.05) is 31.2 Å². The summed E-state index contributed by atoms with van der Waals surface area (Å²) in [6, 6.07) is 12.2. The van der Waals surface area contributed by atoms with Crippen molar-refractivity contribution in [2.45, 2.75) is 33.1 Å². The van der Waals surface area contributed by atoms with E-state index < -0.39 is 5.97 Å². The van der Waals surface area contributed by atoms with Crippen LogP contribution in [0, 0.1) is 0 Å². The summed E-state index contributed by atoms with van der Waals surface area (Å²) >= 11 is 0. The Morgan fingerprint density at radius 3 is 2.62 bits per heavy atom. The average molecular weight is 438 g/mol. The third kappa shape index (κ3) is 5.51. The Balaban J connectivity index is 1.75. The van der Waals surface area contributed by atoms with E-state index in [1.165, 1.54) is 11.0 Å². The number of ether oxygens (including phenoxy) is 2. The molecule has 168 valence electrons. The van der Waals surface area contributed by atoms with Crippen molar-refractivity contribution in [3.8, 4) is 5.75 Å². The molecule has 0 unspecified atom stereocenters. The van der Waals surface area contributed by atoms with E-state index in [-0.39, 0.29) is 50.2 Å². The van der Waals surface area contributed by atoms with Gasteiger partial charge in [0, 0.05) is 17.7 Å². The van der Waals surface area contributed by atoms with Gasteiger partial charge in [0.15, 0.2) is 12.4 Å². The fraction of sp³-hybridized carbons (Fsp3) is 0.333. The summed E-state index contributed by atoms with van der Waals surface area (Å²) < 4.78 is 10.3. The highest BCUT2D eigenvalue weighted by atomic mass is 16.5. The quantitative estimate of drug-likeness (QED) is 0.477. The fourth-order valence-electron chi connectivity index (χ4n) is 3.43. The molecule has 1 heterocycles. The van der Waals surface area contributed by atoms with E-state index in [0.717, 1.165) is 12.0 Å². The molecule has 1 N–H and O–H groups in total. The van der Waals surface area contributed by atoms with Crippen LogP contribution in [0.3, 0.4) is 0 Å². The van der Waals surface area contributed by atoms with Crippen LogP contribution in [0.15, 0.2) is 42.5 Å². The van der Waals surface area contributed by atoms with Crippen LogP contribution in [-0.2, 0) is 25.5 Å². The van der Waals surface area contributed by atoms with Crippen LogP contribution >= 0.6 is 0 Å². The molecular formula is C24H26N2O6. The van der Waals surface area contributed by atoms with Crippen LogP contribution < -0.4 is 15.0 Å². The number of carbonyl (C=O) groups excluding carboxylic acids is 4. The molecule has 1 aliphatic heterocycles. The Bertz CT molecular complexity index is 1030. The number of hydrogen-bond acceptors (Lipinski definition) is 6. The van der Waals surface area contributed by atoms with Gasteiger partial charge in [-0.3, -0.25) is 24.1 Å². The lowest BCUT2D eigenvalue weighted by Crippen LogP contribution is -2.43. The van der Waals surface area contributed by atoms with Gasteiger partial charge in [-0.15, -0.1) is 0 Å². The summed E-state index contributed by atoms with van der Waals surface area (Å²) in [7, 11) is 0. The van der Waals surface area contributed by atoms with E-state index in [4.69, 9.17) is 9.47 Å². The van der Waals surface area contributed by atoms with Gasteiger partial charge in [0.1, 0.15) is 12.3 Å². The molecule has 0 bridgehead atoms. The minimum Gasteiger partial charge on any atom is -0.482 e. The molecular weight excluding hydrogens is 412 g/mol. The van der Waals surface area contributed by atoms with Gasteiger partial charge in [0.2, 0.25) is 5.91 Å². The van der Waals surface area contributed by atoms with Crippen LogP contribution in [0.2, 0.25) is 0 Å². The van der Waals surface area contributed by atoms with Crippen molar-refractivity contribution in [3.63, 3.8) is 0 Å². The van der Waals surface area contributed by atoms with Crippen LogP contribution in [0.4, 0.5) is 11.4 Å². The number of carbonyl (C=O) groups is 4.